The summed E-state index contributed by atoms with van der Waals surface area (Å²) in [7, 11) is 0. The lowest BCUT2D eigenvalue weighted by molar-refractivity contribution is -0.117. The van der Waals surface area contributed by atoms with Crippen molar-refractivity contribution in [2.24, 2.45) is 5.73 Å². The maximum absolute atomic E-state index is 12.8. The van der Waals surface area contributed by atoms with Crippen molar-refractivity contribution < 1.29 is 19.1 Å². The van der Waals surface area contributed by atoms with Crippen LogP contribution >= 0.6 is 27.3 Å². The van der Waals surface area contributed by atoms with Crippen LogP contribution in [0.25, 0.3) is 0 Å². The summed E-state index contributed by atoms with van der Waals surface area (Å²) < 4.78 is 6.11. The number of anilines is 1. The summed E-state index contributed by atoms with van der Waals surface area (Å²) in [6, 6.07) is 8.54. The van der Waals surface area contributed by atoms with E-state index in [1.165, 1.54) is 11.3 Å². The molecular weight excluding hydrogens is 484 g/mol. The molecule has 164 valence electrons. The molecule has 1 aromatic heterocycles. The van der Waals surface area contributed by atoms with E-state index in [0.717, 1.165) is 15.8 Å². The van der Waals surface area contributed by atoms with Crippen molar-refractivity contribution in [3.63, 3.8) is 0 Å². The fourth-order valence-corrected chi connectivity index (χ4v) is 5.08. The van der Waals surface area contributed by atoms with Gasteiger partial charge in [-0.25, -0.2) is 4.79 Å². The molecule has 1 aromatic carbocycles. The summed E-state index contributed by atoms with van der Waals surface area (Å²) in [5.41, 5.74) is 8.04. The Kier molecular flexibility index (Phi) is 6.31. The van der Waals surface area contributed by atoms with E-state index in [-0.39, 0.29) is 30.3 Å². The SMILES string of the molecule is Cc1cc(N2CC(NC(=O)Oc3ccc(Br)s3)CC2=O)ccc1C(=O)N1CCC(N)C1. The molecular formula is C21H23BrN4O4S. The Bertz CT molecular complexity index is 1030. The number of likely N-dealkylation sites (tertiary alicyclic amines) is 1. The molecule has 2 aromatic rings. The van der Waals surface area contributed by atoms with Crippen LogP contribution in [0.2, 0.25) is 0 Å². The number of rotatable bonds is 4. The molecule has 0 radical (unpaired) electrons. The zero-order chi connectivity index (χ0) is 22.1. The van der Waals surface area contributed by atoms with Gasteiger partial charge < -0.3 is 25.6 Å². The van der Waals surface area contributed by atoms with E-state index in [9.17, 15) is 14.4 Å². The third-order valence-corrected chi connectivity index (χ3v) is 6.95. The van der Waals surface area contributed by atoms with Crippen LogP contribution < -0.4 is 20.7 Å². The van der Waals surface area contributed by atoms with Crippen LogP contribution in [0.15, 0.2) is 34.1 Å². The molecule has 2 aliphatic rings. The summed E-state index contributed by atoms with van der Waals surface area (Å²) in [6.07, 6.45) is 0.412. The molecule has 0 spiro atoms. The first-order valence-electron chi connectivity index (χ1n) is 9.99. The Hall–Kier alpha value is -2.43. The summed E-state index contributed by atoms with van der Waals surface area (Å²) >= 11 is 4.62. The highest BCUT2D eigenvalue weighted by Gasteiger charge is 2.33. The van der Waals surface area contributed by atoms with Gasteiger partial charge in [0.25, 0.3) is 5.91 Å². The molecule has 4 rings (SSSR count). The average Bonchev–Trinajstić information content (AvgIpc) is 3.41. The minimum absolute atomic E-state index is 0.0308. The van der Waals surface area contributed by atoms with Crippen molar-refractivity contribution in [2.45, 2.75) is 31.8 Å². The van der Waals surface area contributed by atoms with E-state index < -0.39 is 6.09 Å². The van der Waals surface area contributed by atoms with Crippen molar-refractivity contribution in [3.05, 3.63) is 45.2 Å². The van der Waals surface area contributed by atoms with Gasteiger partial charge >= 0.3 is 6.09 Å². The van der Waals surface area contributed by atoms with Gasteiger partial charge in [0.2, 0.25) is 5.91 Å². The number of carbonyl (C=O) groups excluding carboxylic acids is 3. The van der Waals surface area contributed by atoms with Crippen molar-refractivity contribution in [1.82, 2.24) is 10.2 Å². The van der Waals surface area contributed by atoms with Crippen LogP contribution in [-0.4, -0.2) is 54.5 Å². The van der Waals surface area contributed by atoms with Gasteiger partial charge in [-0.3, -0.25) is 9.59 Å². The molecule has 0 aliphatic carbocycles. The normalized spacial score (nSPS) is 20.9. The lowest BCUT2D eigenvalue weighted by Gasteiger charge is -2.20. The molecule has 2 atom stereocenters. The largest absolute Gasteiger partial charge is 0.413 e. The van der Waals surface area contributed by atoms with Crippen molar-refractivity contribution in [3.8, 4) is 5.06 Å². The summed E-state index contributed by atoms with van der Waals surface area (Å²) in [4.78, 5) is 40.8. The number of ether oxygens (including phenoxy) is 1. The van der Waals surface area contributed by atoms with Crippen LogP contribution in [0.4, 0.5) is 10.5 Å². The molecule has 0 saturated carbocycles. The molecule has 3 heterocycles. The van der Waals surface area contributed by atoms with Crippen LogP contribution in [0, 0.1) is 6.92 Å². The molecule has 10 heteroatoms. The molecule has 2 aliphatic heterocycles. The van der Waals surface area contributed by atoms with Crippen molar-refractivity contribution >= 4 is 50.9 Å². The third-order valence-electron chi connectivity index (χ3n) is 5.45. The van der Waals surface area contributed by atoms with Gasteiger partial charge in [0.05, 0.1) is 9.83 Å². The second-order valence-electron chi connectivity index (χ2n) is 7.80. The van der Waals surface area contributed by atoms with Gasteiger partial charge in [-0.05, 0) is 65.2 Å². The zero-order valence-electron chi connectivity index (χ0n) is 17.0. The monoisotopic (exact) mass is 506 g/mol. The number of hydrogen-bond acceptors (Lipinski definition) is 6. The van der Waals surface area contributed by atoms with Gasteiger partial charge in [0.15, 0.2) is 5.06 Å². The Morgan fingerprint density at radius 2 is 2.06 bits per heavy atom. The number of nitrogens with two attached hydrogens (primary N) is 1. The maximum atomic E-state index is 12.8. The first kappa shape index (κ1) is 21.8. The number of benzene rings is 1. The van der Waals surface area contributed by atoms with Gasteiger partial charge in [-0.2, -0.15) is 0 Å². The van der Waals surface area contributed by atoms with E-state index in [1.807, 2.05) is 13.0 Å². The number of amides is 3. The van der Waals surface area contributed by atoms with Crippen molar-refractivity contribution in [1.29, 1.82) is 0 Å². The standard InChI is InChI=1S/C21H23BrN4O4S/c1-12-8-15(2-3-16(12)20(28)25-7-6-13(23)10-25)26-11-14(9-18(26)27)24-21(29)30-19-5-4-17(22)31-19/h2-5,8,13-14H,6-7,9-11,23H2,1H3,(H,24,29). The smallest absolute Gasteiger partial charge is 0.399 e. The average molecular weight is 507 g/mol. The highest BCUT2D eigenvalue weighted by atomic mass is 79.9. The van der Waals surface area contributed by atoms with E-state index in [1.54, 1.807) is 34.1 Å². The number of carbonyl (C=O) groups is 3. The topological polar surface area (TPSA) is 105 Å². The Morgan fingerprint density at radius 3 is 2.71 bits per heavy atom. The number of halogens is 1. The molecule has 2 unspecified atom stereocenters. The number of nitrogens with one attached hydrogen (secondary N) is 1. The predicted octanol–water partition coefficient (Wildman–Crippen LogP) is 2.89. The second kappa shape index (κ2) is 8.97. The Balaban J connectivity index is 1.39. The van der Waals surface area contributed by atoms with Crippen LogP contribution in [0.3, 0.4) is 0 Å². The lowest BCUT2D eigenvalue weighted by atomic mass is 10.1. The number of hydrogen-bond donors (Lipinski definition) is 2. The number of thiophene rings is 1. The quantitative estimate of drug-likeness (QED) is 0.663. The molecule has 2 fully saturated rings. The molecule has 31 heavy (non-hydrogen) atoms. The molecule has 8 nitrogen and oxygen atoms in total. The van der Waals surface area contributed by atoms with Crippen LogP contribution in [0.5, 0.6) is 5.06 Å². The first-order valence-corrected chi connectivity index (χ1v) is 11.6. The Labute approximate surface area is 192 Å². The van der Waals surface area contributed by atoms with Crippen molar-refractivity contribution in [2.75, 3.05) is 24.5 Å². The van der Waals surface area contributed by atoms with E-state index >= 15 is 0 Å². The molecule has 3 amide bonds. The lowest BCUT2D eigenvalue weighted by Crippen LogP contribution is -2.38. The number of nitrogens with zero attached hydrogens (tertiary/aromatic N) is 2. The molecule has 2 saturated heterocycles. The van der Waals surface area contributed by atoms with Gasteiger partial charge in [0, 0.05) is 43.3 Å². The maximum Gasteiger partial charge on any atom is 0.413 e. The summed E-state index contributed by atoms with van der Waals surface area (Å²) in [6.45, 7) is 3.43. The van der Waals surface area contributed by atoms with Gasteiger partial charge in [0.1, 0.15) is 0 Å². The highest BCUT2D eigenvalue weighted by molar-refractivity contribution is 9.11. The first-order chi connectivity index (χ1) is 14.8. The summed E-state index contributed by atoms with van der Waals surface area (Å²) in [5, 5.41) is 3.22. The van der Waals surface area contributed by atoms with E-state index in [0.29, 0.717) is 35.9 Å². The minimum Gasteiger partial charge on any atom is -0.399 e. The minimum atomic E-state index is -0.588. The van der Waals surface area contributed by atoms with Gasteiger partial charge in [-0.15, -0.1) is 0 Å². The highest BCUT2D eigenvalue weighted by Crippen LogP contribution is 2.29. The van der Waals surface area contributed by atoms with E-state index in [2.05, 4.69) is 21.2 Å². The van der Waals surface area contributed by atoms with Crippen LogP contribution in [-0.2, 0) is 4.79 Å². The fourth-order valence-electron chi connectivity index (χ4n) is 3.89. The fraction of sp³-hybridized carbons (Fsp3) is 0.381. The number of aryl methyl sites for hydroxylation is 1. The van der Waals surface area contributed by atoms with Gasteiger partial charge in [-0.1, -0.05) is 11.3 Å². The molecule has 0 bridgehead atoms. The molecule has 3 N–H and O–H groups in total. The second-order valence-corrected chi connectivity index (χ2v) is 10.2. The Morgan fingerprint density at radius 1 is 1.26 bits per heavy atom. The summed E-state index contributed by atoms with van der Waals surface area (Å²) in [5.74, 6) is -0.125. The predicted molar refractivity (Wildman–Crippen MR) is 122 cm³/mol. The van der Waals surface area contributed by atoms with E-state index in [4.69, 9.17) is 10.5 Å². The third kappa shape index (κ3) is 4.91. The van der Waals surface area contributed by atoms with Crippen LogP contribution in [0.1, 0.15) is 28.8 Å². The zero-order valence-corrected chi connectivity index (χ0v) is 19.4.